The fourth-order valence-electron chi connectivity index (χ4n) is 2.57. The molecule has 2 rings (SSSR count). The molecule has 0 fully saturated rings. The number of benzene rings is 1. The number of nitrogen functional groups attached to an aromatic ring is 1. The van der Waals surface area contributed by atoms with Gasteiger partial charge in [-0.15, -0.1) is 0 Å². The first-order valence-electron chi connectivity index (χ1n) is 7.53. The zero-order chi connectivity index (χ0) is 16.1. The molecule has 0 amide bonds. The molecule has 0 aromatic heterocycles. The molecule has 0 spiro atoms. The largest absolute Gasteiger partial charge is 0.486 e. The predicted octanol–water partition coefficient (Wildman–Crippen LogP) is 1.82. The van der Waals surface area contributed by atoms with E-state index in [9.17, 15) is 4.79 Å². The summed E-state index contributed by atoms with van der Waals surface area (Å²) in [5.74, 6) is 0.423. The van der Waals surface area contributed by atoms with E-state index in [1.54, 1.807) is 20.1 Å². The van der Waals surface area contributed by atoms with Crippen LogP contribution in [0.15, 0.2) is 18.2 Å². The summed E-state index contributed by atoms with van der Waals surface area (Å²) in [4.78, 5) is 14.0. The zero-order valence-corrected chi connectivity index (χ0v) is 13.4. The molecule has 2 unspecified atom stereocenters. The molecule has 122 valence electrons. The van der Waals surface area contributed by atoms with Crippen LogP contribution in [-0.2, 0) is 14.3 Å². The molecule has 1 heterocycles. The molecule has 1 aliphatic rings. The van der Waals surface area contributed by atoms with Crippen LogP contribution in [0.2, 0.25) is 0 Å². The number of ether oxygens (including phenoxy) is 3. The molecule has 1 aliphatic heterocycles. The second-order valence-corrected chi connectivity index (χ2v) is 5.48. The number of carbonyl (C=O) groups is 1. The van der Waals surface area contributed by atoms with Gasteiger partial charge in [-0.25, -0.2) is 0 Å². The topological polar surface area (TPSA) is 74.0 Å². The molecule has 0 bridgehead atoms. The maximum atomic E-state index is 12.1. The van der Waals surface area contributed by atoms with Crippen LogP contribution in [0.4, 0.5) is 11.4 Å². The minimum Gasteiger partial charge on any atom is -0.486 e. The van der Waals surface area contributed by atoms with Gasteiger partial charge in [0.05, 0.1) is 18.8 Å². The molecule has 0 aliphatic carbocycles. The number of para-hydroxylation sites is 1. The van der Waals surface area contributed by atoms with Crippen LogP contribution >= 0.6 is 0 Å². The Kier molecular flexibility index (Phi) is 5.49. The molecular formula is C16H24N2O4. The lowest BCUT2D eigenvalue weighted by molar-refractivity contribution is -0.148. The third-order valence-corrected chi connectivity index (χ3v) is 3.57. The Morgan fingerprint density at radius 3 is 3.00 bits per heavy atom. The Morgan fingerprint density at radius 2 is 2.32 bits per heavy atom. The van der Waals surface area contributed by atoms with Crippen molar-refractivity contribution < 1.29 is 19.0 Å². The third kappa shape index (κ3) is 3.82. The Morgan fingerprint density at radius 1 is 1.55 bits per heavy atom. The number of methoxy groups -OCH3 is 1. The first-order valence-corrected chi connectivity index (χ1v) is 7.53. The third-order valence-electron chi connectivity index (χ3n) is 3.57. The first kappa shape index (κ1) is 16.4. The summed E-state index contributed by atoms with van der Waals surface area (Å²) in [6, 6.07) is 5.53. The number of nitrogens with two attached hydrogens (primary N) is 1. The van der Waals surface area contributed by atoms with E-state index in [0.29, 0.717) is 18.8 Å². The monoisotopic (exact) mass is 308 g/mol. The molecule has 0 saturated heterocycles. The average molecular weight is 308 g/mol. The average Bonchev–Trinajstić information content (AvgIpc) is 2.46. The molecule has 0 saturated carbocycles. The minimum atomic E-state index is -0.296. The van der Waals surface area contributed by atoms with Gasteiger partial charge in [-0.2, -0.15) is 0 Å². The Hall–Kier alpha value is -1.95. The molecule has 22 heavy (non-hydrogen) atoms. The van der Waals surface area contributed by atoms with E-state index < -0.39 is 0 Å². The molecule has 1 aromatic carbocycles. The summed E-state index contributed by atoms with van der Waals surface area (Å²) in [6.45, 7) is 5.00. The summed E-state index contributed by atoms with van der Waals surface area (Å²) in [6.07, 6.45) is 0.631. The van der Waals surface area contributed by atoms with E-state index in [-0.39, 0.29) is 24.7 Å². The van der Waals surface area contributed by atoms with E-state index in [2.05, 4.69) is 6.92 Å². The van der Waals surface area contributed by atoms with Crippen molar-refractivity contribution in [1.29, 1.82) is 0 Å². The number of hydrogen-bond donors (Lipinski definition) is 1. The number of hydrogen-bond acceptors (Lipinski definition) is 6. The highest BCUT2D eigenvalue weighted by Crippen LogP contribution is 2.38. The number of carbonyl (C=O) groups excluding carboxylic acids is 1. The lowest BCUT2D eigenvalue weighted by Gasteiger charge is -2.36. The Bertz CT molecular complexity index is 521. The maximum absolute atomic E-state index is 12.1. The van der Waals surface area contributed by atoms with Crippen LogP contribution < -0.4 is 15.4 Å². The first-order chi connectivity index (χ1) is 10.5. The molecule has 2 atom stereocenters. The van der Waals surface area contributed by atoms with Gasteiger partial charge in [-0.05, 0) is 25.5 Å². The van der Waals surface area contributed by atoms with Crippen LogP contribution in [0.25, 0.3) is 0 Å². The summed E-state index contributed by atoms with van der Waals surface area (Å²) in [5, 5.41) is 0. The van der Waals surface area contributed by atoms with Gasteiger partial charge in [-0.3, -0.25) is 4.79 Å². The smallest absolute Gasteiger partial charge is 0.325 e. The van der Waals surface area contributed by atoms with Crippen molar-refractivity contribution in [2.45, 2.75) is 32.5 Å². The van der Waals surface area contributed by atoms with Crippen LogP contribution in [0.3, 0.4) is 0 Å². The van der Waals surface area contributed by atoms with Gasteiger partial charge in [0.25, 0.3) is 0 Å². The van der Waals surface area contributed by atoms with Crippen LogP contribution in [-0.4, -0.2) is 45.0 Å². The predicted molar refractivity (Wildman–Crippen MR) is 85.2 cm³/mol. The van der Waals surface area contributed by atoms with Crippen molar-refractivity contribution in [1.82, 2.24) is 0 Å². The number of esters is 1. The minimum absolute atomic E-state index is 0.0403. The van der Waals surface area contributed by atoms with E-state index >= 15 is 0 Å². The SMILES string of the molecule is CCC1CN(CC(=O)OC(C)COC)c2c(N)cccc2O1. The normalized spacial score (nSPS) is 18.3. The highest BCUT2D eigenvalue weighted by molar-refractivity contribution is 5.82. The van der Waals surface area contributed by atoms with Crippen molar-refractivity contribution in [3.63, 3.8) is 0 Å². The number of anilines is 2. The van der Waals surface area contributed by atoms with E-state index in [4.69, 9.17) is 19.9 Å². The second kappa shape index (κ2) is 7.35. The van der Waals surface area contributed by atoms with Crippen LogP contribution in [0.1, 0.15) is 20.3 Å². The molecule has 6 nitrogen and oxygen atoms in total. The van der Waals surface area contributed by atoms with Gasteiger partial charge in [-0.1, -0.05) is 13.0 Å². The standard InChI is InChI=1S/C16H24N2O4/c1-4-12-8-18(9-15(19)21-11(2)10-20-3)16-13(17)6-5-7-14(16)22-12/h5-7,11-12H,4,8-10,17H2,1-3H3. The van der Waals surface area contributed by atoms with Gasteiger partial charge in [0.1, 0.15) is 30.2 Å². The number of fused-ring (bicyclic) bond motifs is 1. The van der Waals surface area contributed by atoms with Crippen LogP contribution in [0, 0.1) is 0 Å². The van der Waals surface area contributed by atoms with Gasteiger partial charge in [0.15, 0.2) is 0 Å². The summed E-state index contributed by atoms with van der Waals surface area (Å²) >= 11 is 0. The Balaban J connectivity index is 2.11. The quantitative estimate of drug-likeness (QED) is 0.638. The van der Waals surface area contributed by atoms with Crippen molar-refractivity contribution in [2.24, 2.45) is 0 Å². The fourth-order valence-corrected chi connectivity index (χ4v) is 2.57. The highest BCUT2D eigenvalue weighted by atomic mass is 16.6. The zero-order valence-electron chi connectivity index (χ0n) is 13.4. The van der Waals surface area contributed by atoms with Crippen molar-refractivity contribution >= 4 is 17.3 Å². The molecule has 0 radical (unpaired) electrons. The second-order valence-electron chi connectivity index (χ2n) is 5.48. The van der Waals surface area contributed by atoms with E-state index in [1.165, 1.54) is 0 Å². The van der Waals surface area contributed by atoms with Crippen molar-refractivity contribution in [2.75, 3.05) is 37.4 Å². The number of rotatable bonds is 6. The summed E-state index contributed by atoms with van der Waals surface area (Å²) in [5.41, 5.74) is 7.42. The molecule has 6 heteroatoms. The molecular weight excluding hydrogens is 284 g/mol. The number of nitrogens with zero attached hydrogens (tertiary/aromatic N) is 1. The maximum Gasteiger partial charge on any atom is 0.325 e. The van der Waals surface area contributed by atoms with Crippen LogP contribution in [0.5, 0.6) is 5.75 Å². The van der Waals surface area contributed by atoms with Crippen molar-refractivity contribution in [3.05, 3.63) is 18.2 Å². The van der Waals surface area contributed by atoms with Gasteiger partial charge in [0, 0.05) is 7.11 Å². The summed E-state index contributed by atoms with van der Waals surface area (Å²) < 4.78 is 16.2. The highest BCUT2D eigenvalue weighted by Gasteiger charge is 2.28. The van der Waals surface area contributed by atoms with Gasteiger partial charge >= 0.3 is 5.97 Å². The molecule has 2 N–H and O–H groups in total. The van der Waals surface area contributed by atoms with Crippen molar-refractivity contribution in [3.8, 4) is 5.75 Å². The lowest BCUT2D eigenvalue weighted by atomic mass is 10.1. The van der Waals surface area contributed by atoms with Gasteiger partial charge < -0.3 is 24.8 Å². The lowest BCUT2D eigenvalue weighted by Crippen LogP contribution is -2.43. The summed E-state index contributed by atoms with van der Waals surface area (Å²) in [7, 11) is 1.58. The van der Waals surface area contributed by atoms with Gasteiger partial charge in [0.2, 0.25) is 0 Å². The van der Waals surface area contributed by atoms with E-state index in [1.807, 2.05) is 17.0 Å². The molecule has 1 aromatic rings. The fraction of sp³-hybridized carbons (Fsp3) is 0.562. The van der Waals surface area contributed by atoms with E-state index in [0.717, 1.165) is 17.9 Å². The Labute approximate surface area is 131 Å².